The molecule has 0 fully saturated rings. The zero-order valence-electron chi connectivity index (χ0n) is 9.44. The van der Waals surface area contributed by atoms with Gasteiger partial charge in [0.2, 0.25) is 0 Å². The molecule has 0 radical (unpaired) electrons. The van der Waals surface area contributed by atoms with Crippen LogP contribution in [0, 0.1) is 0 Å². The molecule has 0 heterocycles. The van der Waals surface area contributed by atoms with Crippen LogP contribution in [-0.4, -0.2) is 24.6 Å². The van der Waals surface area contributed by atoms with E-state index in [4.69, 9.17) is 0 Å². The second-order valence-corrected chi connectivity index (χ2v) is 4.51. The number of hydrogen-bond donors (Lipinski definition) is 1. The fourth-order valence-corrected chi connectivity index (χ4v) is 2.12. The maximum atomic E-state index is 3.61. The first-order valence-electron chi connectivity index (χ1n) is 5.57. The average Bonchev–Trinajstić information content (AvgIpc) is 2.14. The number of hydrogen-bond acceptors (Lipinski definition) is 2. The van der Waals surface area contributed by atoms with Gasteiger partial charge in [0.15, 0.2) is 0 Å². The monoisotopic (exact) mass is 203 g/mol. The molecular weight excluding hydrogens is 178 g/mol. The number of thioether (sulfide) groups is 1. The highest BCUT2D eigenvalue weighted by Gasteiger charge is 2.05. The van der Waals surface area contributed by atoms with Gasteiger partial charge in [-0.2, -0.15) is 11.8 Å². The van der Waals surface area contributed by atoms with Crippen molar-refractivity contribution in [2.75, 3.05) is 18.6 Å². The lowest BCUT2D eigenvalue weighted by Crippen LogP contribution is -2.31. The summed E-state index contributed by atoms with van der Waals surface area (Å²) in [6.45, 7) is 5.68. The molecule has 0 amide bonds. The topological polar surface area (TPSA) is 12.0 Å². The molecule has 80 valence electrons. The maximum Gasteiger partial charge on any atom is 0.0158 e. The maximum absolute atomic E-state index is 3.61. The highest BCUT2D eigenvalue weighted by atomic mass is 32.2. The molecule has 0 aliphatic carbocycles. The van der Waals surface area contributed by atoms with Crippen LogP contribution in [0.25, 0.3) is 0 Å². The van der Waals surface area contributed by atoms with Gasteiger partial charge in [0.05, 0.1) is 0 Å². The molecule has 0 saturated carbocycles. The molecule has 13 heavy (non-hydrogen) atoms. The smallest absolute Gasteiger partial charge is 0.0158 e. The third kappa shape index (κ3) is 8.63. The highest BCUT2D eigenvalue weighted by molar-refractivity contribution is 7.98. The Morgan fingerprint density at radius 1 is 1.15 bits per heavy atom. The summed E-state index contributed by atoms with van der Waals surface area (Å²) < 4.78 is 0. The molecule has 1 N–H and O–H groups in total. The van der Waals surface area contributed by atoms with Crippen molar-refractivity contribution < 1.29 is 0 Å². The molecule has 0 saturated heterocycles. The van der Waals surface area contributed by atoms with Crippen LogP contribution < -0.4 is 5.32 Å². The van der Waals surface area contributed by atoms with Crippen LogP contribution in [0.3, 0.4) is 0 Å². The average molecular weight is 203 g/mol. The fourth-order valence-electron chi connectivity index (χ4n) is 1.43. The van der Waals surface area contributed by atoms with E-state index in [1.807, 2.05) is 11.8 Å². The summed E-state index contributed by atoms with van der Waals surface area (Å²) in [4.78, 5) is 0. The molecule has 0 aromatic heterocycles. The van der Waals surface area contributed by atoms with E-state index in [0.717, 1.165) is 6.04 Å². The Bertz CT molecular complexity index is 96.1. The van der Waals surface area contributed by atoms with E-state index in [1.165, 1.54) is 44.4 Å². The fraction of sp³-hybridized carbons (Fsp3) is 1.00. The minimum atomic E-state index is 0.751. The lowest BCUT2D eigenvalue weighted by atomic mass is 10.1. The van der Waals surface area contributed by atoms with Crippen molar-refractivity contribution >= 4 is 11.8 Å². The molecule has 1 unspecified atom stereocenters. The zero-order chi connectivity index (χ0) is 9.94. The van der Waals surface area contributed by atoms with Crippen LogP contribution >= 0.6 is 11.8 Å². The Morgan fingerprint density at radius 2 is 1.92 bits per heavy atom. The summed E-state index contributed by atoms with van der Waals surface area (Å²) in [6, 6.07) is 0.751. The zero-order valence-corrected chi connectivity index (χ0v) is 10.3. The predicted octanol–water partition coefficient (Wildman–Crippen LogP) is 3.30. The van der Waals surface area contributed by atoms with Crippen LogP contribution in [0.4, 0.5) is 0 Å². The first-order valence-corrected chi connectivity index (χ1v) is 6.96. The molecule has 0 rings (SSSR count). The summed E-state index contributed by atoms with van der Waals surface area (Å²) in [6.07, 6.45) is 8.91. The molecule has 0 spiro atoms. The van der Waals surface area contributed by atoms with Crippen molar-refractivity contribution in [1.29, 1.82) is 0 Å². The predicted molar refractivity (Wildman–Crippen MR) is 64.6 cm³/mol. The molecule has 0 aromatic rings. The van der Waals surface area contributed by atoms with Crippen LogP contribution in [0.5, 0.6) is 0 Å². The molecular formula is C11H25NS. The summed E-state index contributed by atoms with van der Waals surface area (Å²) in [5.74, 6) is 1.27. The summed E-state index contributed by atoms with van der Waals surface area (Å²) in [5.41, 5.74) is 0. The van der Waals surface area contributed by atoms with Gasteiger partial charge in [-0.05, 0) is 25.6 Å². The normalized spacial score (nSPS) is 13.2. The minimum Gasteiger partial charge on any atom is -0.313 e. The van der Waals surface area contributed by atoms with E-state index in [9.17, 15) is 0 Å². The lowest BCUT2D eigenvalue weighted by Gasteiger charge is -2.16. The first kappa shape index (κ1) is 13.3. The SMILES string of the molecule is CCCCCC(CSC)NCCC. The number of nitrogens with one attached hydrogen (secondary N) is 1. The first-order chi connectivity index (χ1) is 6.35. The largest absolute Gasteiger partial charge is 0.313 e. The van der Waals surface area contributed by atoms with Gasteiger partial charge in [0, 0.05) is 11.8 Å². The third-order valence-electron chi connectivity index (χ3n) is 2.21. The molecule has 2 heteroatoms. The van der Waals surface area contributed by atoms with Crippen molar-refractivity contribution in [3.63, 3.8) is 0 Å². The van der Waals surface area contributed by atoms with Crippen molar-refractivity contribution in [2.45, 2.75) is 52.0 Å². The molecule has 1 nitrogen and oxygen atoms in total. The number of unbranched alkanes of at least 4 members (excludes halogenated alkanes) is 2. The third-order valence-corrected chi connectivity index (χ3v) is 2.94. The lowest BCUT2D eigenvalue weighted by molar-refractivity contribution is 0.493. The molecule has 0 aromatic carbocycles. The molecule has 1 atom stereocenters. The van der Waals surface area contributed by atoms with Gasteiger partial charge < -0.3 is 5.32 Å². The van der Waals surface area contributed by atoms with Gasteiger partial charge in [-0.25, -0.2) is 0 Å². The Morgan fingerprint density at radius 3 is 2.46 bits per heavy atom. The summed E-state index contributed by atoms with van der Waals surface area (Å²) >= 11 is 1.96. The molecule has 0 aliphatic rings. The van der Waals surface area contributed by atoms with Crippen molar-refractivity contribution in [3.8, 4) is 0 Å². The van der Waals surface area contributed by atoms with Crippen LogP contribution in [-0.2, 0) is 0 Å². The van der Waals surface area contributed by atoms with Gasteiger partial charge in [-0.15, -0.1) is 0 Å². The van der Waals surface area contributed by atoms with Crippen LogP contribution in [0.2, 0.25) is 0 Å². The minimum absolute atomic E-state index is 0.751. The van der Waals surface area contributed by atoms with E-state index in [-0.39, 0.29) is 0 Å². The Labute approximate surface area is 88.1 Å². The van der Waals surface area contributed by atoms with Crippen LogP contribution in [0.15, 0.2) is 0 Å². The van der Waals surface area contributed by atoms with Crippen LogP contribution in [0.1, 0.15) is 46.0 Å². The summed E-state index contributed by atoms with van der Waals surface area (Å²) in [5, 5.41) is 3.61. The van der Waals surface area contributed by atoms with E-state index in [0.29, 0.717) is 0 Å². The van der Waals surface area contributed by atoms with E-state index < -0.39 is 0 Å². The Balaban J connectivity index is 3.41. The van der Waals surface area contributed by atoms with E-state index >= 15 is 0 Å². The quantitative estimate of drug-likeness (QED) is 0.577. The Kier molecular flexibility index (Phi) is 10.6. The van der Waals surface area contributed by atoms with Gasteiger partial charge in [-0.1, -0.05) is 33.1 Å². The van der Waals surface area contributed by atoms with Gasteiger partial charge in [0.1, 0.15) is 0 Å². The summed E-state index contributed by atoms with van der Waals surface area (Å²) in [7, 11) is 0. The Hall–Kier alpha value is 0.310. The van der Waals surface area contributed by atoms with Gasteiger partial charge in [0.25, 0.3) is 0 Å². The molecule has 0 aliphatic heterocycles. The van der Waals surface area contributed by atoms with Crippen molar-refractivity contribution in [3.05, 3.63) is 0 Å². The second kappa shape index (κ2) is 10.4. The standard InChI is InChI=1S/C11H25NS/c1-4-6-7-8-11(10-13-3)12-9-5-2/h11-12H,4-10H2,1-3H3. The van der Waals surface area contributed by atoms with Crippen molar-refractivity contribution in [1.82, 2.24) is 5.32 Å². The van der Waals surface area contributed by atoms with E-state index in [2.05, 4.69) is 25.4 Å². The van der Waals surface area contributed by atoms with Gasteiger partial charge >= 0.3 is 0 Å². The molecule has 0 bridgehead atoms. The van der Waals surface area contributed by atoms with Gasteiger partial charge in [-0.3, -0.25) is 0 Å². The number of rotatable bonds is 9. The highest BCUT2D eigenvalue weighted by Crippen LogP contribution is 2.07. The van der Waals surface area contributed by atoms with E-state index in [1.54, 1.807) is 0 Å². The second-order valence-electron chi connectivity index (χ2n) is 3.60. The van der Waals surface area contributed by atoms with Crippen molar-refractivity contribution in [2.24, 2.45) is 0 Å².